The summed E-state index contributed by atoms with van der Waals surface area (Å²) in [6, 6.07) is 17.4. The number of methoxy groups -OCH3 is 1. The minimum Gasteiger partial charge on any atom is -0.503 e. The van der Waals surface area contributed by atoms with Crippen molar-refractivity contribution in [2.75, 3.05) is 12.0 Å². The molecular weight excluding hydrogens is 461 g/mol. The van der Waals surface area contributed by atoms with E-state index in [1.54, 1.807) is 42.5 Å². The van der Waals surface area contributed by atoms with Crippen LogP contribution in [0, 0.1) is 5.82 Å². The third-order valence-electron chi connectivity index (χ3n) is 5.69. The fourth-order valence-electron chi connectivity index (χ4n) is 4.07. The van der Waals surface area contributed by atoms with Crippen LogP contribution in [0.4, 0.5) is 10.1 Å². The molecule has 8 heteroatoms. The Morgan fingerprint density at radius 1 is 1.06 bits per heavy atom. The molecule has 1 amide bonds. The zero-order valence-electron chi connectivity index (χ0n) is 17.8. The highest BCUT2D eigenvalue weighted by Gasteiger charge is 2.45. The number of benzene rings is 3. The van der Waals surface area contributed by atoms with Gasteiger partial charge >= 0.3 is 0 Å². The van der Waals surface area contributed by atoms with Crippen LogP contribution in [0.25, 0.3) is 11.0 Å². The van der Waals surface area contributed by atoms with Crippen molar-refractivity contribution in [2.45, 2.75) is 6.04 Å². The van der Waals surface area contributed by atoms with Crippen LogP contribution < -0.4 is 9.64 Å². The number of Topliss-reactive ketones (excluding diaryl/α,β-unsaturated/α-hetero) is 1. The number of anilines is 1. The van der Waals surface area contributed by atoms with Crippen molar-refractivity contribution in [3.05, 3.63) is 106 Å². The summed E-state index contributed by atoms with van der Waals surface area (Å²) in [6.45, 7) is 0. The SMILES string of the molecule is COc1ccc(C2C(C(=O)c3cc4cc(Cl)ccc4o3)=C(O)C(=O)N2c2ccc(F)cc2)cc1. The number of aliphatic hydroxyl groups is 1. The number of carbonyl (C=O) groups excluding carboxylic acids is 2. The molecule has 1 atom stereocenters. The zero-order chi connectivity index (χ0) is 24.0. The minimum absolute atomic E-state index is 0.0499. The van der Waals surface area contributed by atoms with E-state index in [0.717, 1.165) is 0 Å². The van der Waals surface area contributed by atoms with Crippen molar-refractivity contribution in [1.29, 1.82) is 0 Å². The fraction of sp³-hybridized carbons (Fsp3) is 0.0769. The first-order chi connectivity index (χ1) is 16.4. The molecule has 1 unspecified atom stereocenters. The van der Waals surface area contributed by atoms with Gasteiger partial charge in [-0.05, 0) is 66.2 Å². The Labute approximate surface area is 198 Å². The number of hydrogen-bond donors (Lipinski definition) is 1. The maximum atomic E-state index is 13.6. The molecule has 3 aromatic carbocycles. The van der Waals surface area contributed by atoms with E-state index < -0.39 is 29.3 Å². The van der Waals surface area contributed by atoms with Gasteiger partial charge in [0.05, 0.1) is 18.7 Å². The van der Waals surface area contributed by atoms with E-state index in [4.69, 9.17) is 20.8 Å². The van der Waals surface area contributed by atoms with Gasteiger partial charge in [-0.2, -0.15) is 0 Å². The van der Waals surface area contributed by atoms with Crippen LogP contribution in [0.15, 0.2) is 88.5 Å². The minimum atomic E-state index is -0.979. The molecule has 4 aromatic rings. The molecule has 5 rings (SSSR count). The first kappa shape index (κ1) is 21.7. The second-order valence-corrected chi connectivity index (χ2v) is 8.15. The molecular formula is C26H17ClFNO5. The van der Waals surface area contributed by atoms with Crippen molar-refractivity contribution in [2.24, 2.45) is 0 Å². The molecule has 170 valence electrons. The summed E-state index contributed by atoms with van der Waals surface area (Å²) in [5.74, 6) is -2.08. The van der Waals surface area contributed by atoms with E-state index in [1.165, 1.54) is 42.3 Å². The van der Waals surface area contributed by atoms with Gasteiger partial charge in [0.2, 0.25) is 5.78 Å². The Hall–Kier alpha value is -4.10. The van der Waals surface area contributed by atoms with Gasteiger partial charge in [0.15, 0.2) is 11.5 Å². The highest BCUT2D eigenvalue weighted by Crippen LogP contribution is 2.42. The smallest absolute Gasteiger partial charge is 0.294 e. The molecule has 0 bridgehead atoms. The lowest BCUT2D eigenvalue weighted by molar-refractivity contribution is -0.117. The Kier molecular flexibility index (Phi) is 5.34. The number of ketones is 1. The Morgan fingerprint density at radius 3 is 2.44 bits per heavy atom. The number of amides is 1. The second-order valence-electron chi connectivity index (χ2n) is 7.71. The predicted octanol–water partition coefficient (Wildman–Crippen LogP) is 6.02. The summed E-state index contributed by atoms with van der Waals surface area (Å²) in [4.78, 5) is 28.0. The first-order valence-corrected chi connectivity index (χ1v) is 10.6. The summed E-state index contributed by atoms with van der Waals surface area (Å²) < 4.78 is 24.5. The van der Waals surface area contributed by atoms with Crippen LogP contribution >= 0.6 is 11.6 Å². The lowest BCUT2D eigenvalue weighted by Crippen LogP contribution is -2.31. The van der Waals surface area contributed by atoms with Gasteiger partial charge in [-0.3, -0.25) is 14.5 Å². The van der Waals surface area contributed by atoms with Gasteiger partial charge < -0.3 is 14.3 Å². The second kappa shape index (κ2) is 8.35. The molecule has 0 fully saturated rings. The number of furan rings is 1. The standard InChI is InChI=1S/C26H17ClFNO5/c1-33-19-9-2-14(3-10-19)23-22(24(30)21-13-15-12-16(27)4-11-20(15)34-21)25(31)26(32)29(23)18-7-5-17(28)6-8-18/h2-13,23,31H,1H3. The quantitative estimate of drug-likeness (QED) is 0.356. The van der Waals surface area contributed by atoms with Gasteiger partial charge in [-0.15, -0.1) is 0 Å². The van der Waals surface area contributed by atoms with Gasteiger partial charge in [0.1, 0.15) is 17.1 Å². The molecule has 1 aromatic heterocycles. The maximum Gasteiger partial charge on any atom is 0.294 e. The summed E-state index contributed by atoms with van der Waals surface area (Å²) in [5, 5.41) is 11.9. The number of nitrogens with zero attached hydrogens (tertiary/aromatic N) is 1. The topological polar surface area (TPSA) is 80.0 Å². The van der Waals surface area contributed by atoms with E-state index >= 15 is 0 Å². The van der Waals surface area contributed by atoms with Gasteiger partial charge in [-0.1, -0.05) is 23.7 Å². The molecule has 0 spiro atoms. The number of rotatable bonds is 5. The van der Waals surface area contributed by atoms with Crippen LogP contribution in [0.3, 0.4) is 0 Å². The van der Waals surface area contributed by atoms with E-state index in [9.17, 15) is 19.1 Å². The maximum absolute atomic E-state index is 13.6. The van der Waals surface area contributed by atoms with Crippen LogP contribution in [0.1, 0.15) is 22.2 Å². The Balaban J connectivity index is 1.65. The number of hydrogen-bond acceptors (Lipinski definition) is 5. The largest absolute Gasteiger partial charge is 0.503 e. The Morgan fingerprint density at radius 2 is 1.76 bits per heavy atom. The molecule has 0 aliphatic carbocycles. The highest BCUT2D eigenvalue weighted by atomic mass is 35.5. The van der Waals surface area contributed by atoms with Gasteiger partial charge in [0, 0.05) is 16.1 Å². The molecule has 1 N–H and O–H groups in total. The van der Waals surface area contributed by atoms with Crippen molar-refractivity contribution in [3.63, 3.8) is 0 Å². The predicted molar refractivity (Wildman–Crippen MR) is 125 cm³/mol. The monoisotopic (exact) mass is 477 g/mol. The van der Waals surface area contributed by atoms with Crippen molar-refractivity contribution >= 4 is 39.9 Å². The third-order valence-corrected chi connectivity index (χ3v) is 5.93. The number of fused-ring (bicyclic) bond motifs is 1. The van der Waals surface area contributed by atoms with E-state index in [-0.39, 0.29) is 11.3 Å². The molecule has 0 radical (unpaired) electrons. The molecule has 0 saturated heterocycles. The normalized spacial score (nSPS) is 15.9. The number of aliphatic hydroxyl groups excluding tert-OH is 1. The number of ether oxygens (including phenoxy) is 1. The highest BCUT2D eigenvalue weighted by molar-refractivity contribution is 6.31. The fourth-order valence-corrected chi connectivity index (χ4v) is 4.25. The summed E-state index contributed by atoms with van der Waals surface area (Å²) in [6.07, 6.45) is 0. The van der Waals surface area contributed by atoms with E-state index in [1.807, 2.05) is 0 Å². The van der Waals surface area contributed by atoms with Crippen molar-refractivity contribution in [3.8, 4) is 5.75 Å². The molecule has 0 saturated carbocycles. The van der Waals surface area contributed by atoms with Crippen LogP contribution in [-0.4, -0.2) is 23.9 Å². The number of halogens is 2. The van der Waals surface area contributed by atoms with E-state index in [2.05, 4.69) is 0 Å². The van der Waals surface area contributed by atoms with E-state index in [0.29, 0.717) is 33.0 Å². The number of carbonyl (C=O) groups is 2. The molecule has 6 nitrogen and oxygen atoms in total. The summed E-state index contributed by atoms with van der Waals surface area (Å²) >= 11 is 6.04. The average Bonchev–Trinajstić information content (AvgIpc) is 3.38. The van der Waals surface area contributed by atoms with Crippen LogP contribution in [0.2, 0.25) is 5.02 Å². The van der Waals surface area contributed by atoms with Crippen LogP contribution in [-0.2, 0) is 4.79 Å². The summed E-state index contributed by atoms with van der Waals surface area (Å²) in [7, 11) is 1.52. The Bertz CT molecular complexity index is 1460. The molecule has 2 heterocycles. The first-order valence-electron chi connectivity index (χ1n) is 10.3. The molecule has 1 aliphatic heterocycles. The van der Waals surface area contributed by atoms with Gasteiger partial charge in [-0.25, -0.2) is 4.39 Å². The van der Waals surface area contributed by atoms with Crippen LogP contribution in [0.5, 0.6) is 5.75 Å². The third kappa shape index (κ3) is 3.60. The van der Waals surface area contributed by atoms with Crippen molar-refractivity contribution < 1.29 is 28.2 Å². The summed E-state index contributed by atoms with van der Waals surface area (Å²) in [5.41, 5.74) is 1.15. The molecule has 34 heavy (non-hydrogen) atoms. The van der Waals surface area contributed by atoms with Crippen molar-refractivity contribution in [1.82, 2.24) is 0 Å². The lowest BCUT2D eigenvalue weighted by Gasteiger charge is -2.27. The van der Waals surface area contributed by atoms with Gasteiger partial charge in [0.25, 0.3) is 5.91 Å². The molecule has 1 aliphatic rings. The average molecular weight is 478 g/mol. The zero-order valence-corrected chi connectivity index (χ0v) is 18.5. The lowest BCUT2D eigenvalue weighted by atomic mass is 9.94.